The number of carbonyl (C=O) groups excluding carboxylic acids is 1. The van der Waals surface area contributed by atoms with E-state index in [9.17, 15) is 9.90 Å². The van der Waals surface area contributed by atoms with Crippen molar-refractivity contribution in [3.8, 4) is 5.75 Å². The number of phenols is 1. The van der Waals surface area contributed by atoms with E-state index in [0.717, 1.165) is 27.8 Å². The van der Waals surface area contributed by atoms with Crippen LogP contribution in [0.2, 0.25) is 0 Å². The highest BCUT2D eigenvalue weighted by Gasteiger charge is 2.06. The lowest BCUT2D eigenvalue weighted by Gasteiger charge is -2.06. The summed E-state index contributed by atoms with van der Waals surface area (Å²) in [5, 5.41) is 13.2. The van der Waals surface area contributed by atoms with Gasteiger partial charge in [0, 0.05) is 5.56 Å². The highest BCUT2D eigenvalue weighted by Crippen LogP contribution is 2.29. The zero-order valence-electron chi connectivity index (χ0n) is 9.05. The summed E-state index contributed by atoms with van der Waals surface area (Å²) in [4.78, 5) is 11.3. The van der Waals surface area contributed by atoms with E-state index in [1.54, 1.807) is 12.1 Å². The van der Waals surface area contributed by atoms with Crippen LogP contribution in [0.15, 0.2) is 48.5 Å². The molecule has 2 heteroatoms. The normalized spacial score (nSPS) is 10.8. The lowest BCUT2D eigenvalue weighted by atomic mass is 9.97. The van der Waals surface area contributed by atoms with Crippen LogP contribution in [0.25, 0.3) is 21.5 Å². The highest BCUT2D eigenvalue weighted by molar-refractivity contribution is 6.12. The second kappa shape index (κ2) is 3.59. The SMILES string of the molecule is O=Cc1c2ccccc2cc2ccc(O)cc12. The Labute approximate surface area is 98.1 Å². The number of hydrogen-bond acceptors (Lipinski definition) is 2. The fourth-order valence-electron chi connectivity index (χ4n) is 2.21. The highest BCUT2D eigenvalue weighted by atomic mass is 16.3. The van der Waals surface area contributed by atoms with Crippen molar-refractivity contribution in [2.24, 2.45) is 0 Å². The van der Waals surface area contributed by atoms with Crippen molar-refractivity contribution in [1.82, 2.24) is 0 Å². The molecule has 3 rings (SSSR count). The molecule has 2 nitrogen and oxygen atoms in total. The van der Waals surface area contributed by atoms with Gasteiger partial charge in [0.05, 0.1) is 0 Å². The van der Waals surface area contributed by atoms with Gasteiger partial charge in [0.2, 0.25) is 0 Å². The summed E-state index contributed by atoms with van der Waals surface area (Å²) in [6.45, 7) is 0. The van der Waals surface area contributed by atoms with E-state index in [0.29, 0.717) is 5.56 Å². The van der Waals surface area contributed by atoms with E-state index in [1.165, 1.54) is 0 Å². The average molecular weight is 222 g/mol. The quantitative estimate of drug-likeness (QED) is 0.505. The number of hydrogen-bond donors (Lipinski definition) is 1. The van der Waals surface area contributed by atoms with Crippen LogP contribution in [0.4, 0.5) is 0 Å². The summed E-state index contributed by atoms with van der Waals surface area (Å²) in [7, 11) is 0. The number of phenolic OH excluding ortho intramolecular Hbond substituents is 1. The largest absolute Gasteiger partial charge is 0.508 e. The molecule has 0 bridgehead atoms. The molecule has 0 spiro atoms. The van der Waals surface area contributed by atoms with Gasteiger partial charge in [-0.25, -0.2) is 0 Å². The Morgan fingerprint density at radius 2 is 1.65 bits per heavy atom. The molecule has 0 amide bonds. The molecule has 0 heterocycles. The second-order valence-electron chi connectivity index (χ2n) is 4.03. The Morgan fingerprint density at radius 3 is 2.47 bits per heavy atom. The third-order valence-electron chi connectivity index (χ3n) is 3.01. The molecule has 0 unspecified atom stereocenters. The topological polar surface area (TPSA) is 37.3 Å². The summed E-state index contributed by atoms with van der Waals surface area (Å²) < 4.78 is 0. The molecular formula is C15H10O2. The molecule has 1 N–H and O–H groups in total. The number of aldehydes is 1. The zero-order valence-corrected chi connectivity index (χ0v) is 9.05. The Hall–Kier alpha value is -2.35. The van der Waals surface area contributed by atoms with Crippen LogP contribution >= 0.6 is 0 Å². The van der Waals surface area contributed by atoms with Gasteiger partial charge < -0.3 is 5.11 Å². The van der Waals surface area contributed by atoms with E-state index in [2.05, 4.69) is 0 Å². The van der Waals surface area contributed by atoms with E-state index in [4.69, 9.17) is 0 Å². The molecule has 0 aliphatic carbocycles. The minimum Gasteiger partial charge on any atom is -0.508 e. The summed E-state index contributed by atoms with van der Waals surface area (Å²) in [5.74, 6) is 0.177. The maximum Gasteiger partial charge on any atom is 0.151 e. The van der Waals surface area contributed by atoms with Crippen LogP contribution in [0, 0.1) is 0 Å². The minimum atomic E-state index is 0.177. The maximum atomic E-state index is 11.3. The van der Waals surface area contributed by atoms with Gasteiger partial charge in [0.1, 0.15) is 5.75 Å². The first kappa shape index (κ1) is 9.85. The fourth-order valence-corrected chi connectivity index (χ4v) is 2.21. The number of fused-ring (bicyclic) bond motifs is 2. The van der Waals surface area contributed by atoms with Gasteiger partial charge in [-0.05, 0) is 39.7 Å². The fraction of sp³-hybridized carbons (Fsp3) is 0. The molecule has 17 heavy (non-hydrogen) atoms. The Morgan fingerprint density at radius 1 is 0.882 bits per heavy atom. The lowest BCUT2D eigenvalue weighted by molar-refractivity contribution is 0.112. The van der Waals surface area contributed by atoms with E-state index < -0.39 is 0 Å². The molecule has 3 aromatic rings. The summed E-state index contributed by atoms with van der Waals surface area (Å²) >= 11 is 0. The number of rotatable bonds is 1. The van der Waals surface area contributed by atoms with Crippen LogP contribution in [0.5, 0.6) is 5.75 Å². The molecule has 82 valence electrons. The Balaban J connectivity index is 2.59. The molecule has 0 saturated carbocycles. The van der Waals surface area contributed by atoms with Crippen molar-refractivity contribution < 1.29 is 9.90 Å². The van der Waals surface area contributed by atoms with E-state index in [1.807, 2.05) is 36.4 Å². The van der Waals surface area contributed by atoms with Gasteiger partial charge in [-0.3, -0.25) is 4.79 Å². The lowest BCUT2D eigenvalue weighted by Crippen LogP contribution is -1.87. The van der Waals surface area contributed by atoms with Gasteiger partial charge in [-0.15, -0.1) is 0 Å². The smallest absolute Gasteiger partial charge is 0.151 e. The monoisotopic (exact) mass is 222 g/mol. The molecule has 0 saturated heterocycles. The van der Waals surface area contributed by atoms with Gasteiger partial charge in [0.25, 0.3) is 0 Å². The molecule has 0 radical (unpaired) electrons. The maximum absolute atomic E-state index is 11.3. The van der Waals surface area contributed by atoms with Gasteiger partial charge in [-0.2, -0.15) is 0 Å². The molecule has 0 aliphatic rings. The van der Waals surface area contributed by atoms with Crippen molar-refractivity contribution in [1.29, 1.82) is 0 Å². The Kier molecular flexibility index (Phi) is 2.08. The first-order valence-corrected chi connectivity index (χ1v) is 5.39. The molecular weight excluding hydrogens is 212 g/mol. The molecule has 0 aliphatic heterocycles. The van der Waals surface area contributed by atoms with Gasteiger partial charge in [-0.1, -0.05) is 30.3 Å². The van der Waals surface area contributed by atoms with Crippen molar-refractivity contribution >= 4 is 27.8 Å². The predicted octanol–water partition coefficient (Wildman–Crippen LogP) is 3.51. The van der Waals surface area contributed by atoms with Gasteiger partial charge in [0.15, 0.2) is 6.29 Å². The van der Waals surface area contributed by atoms with Crippen LogP contribution in [0.1, 0.15) is 10.4 Å². The molecule has 0 atom stereocenters. The van der Waals surface area contributed by atoms with Crippen LogP contribution < -0.4 is 0 Å². The molecule has 0 fully saturated rings. The van der Waals surface area contributed by atoms with E-state index in [-0.39, 0.29) is 5.75 Å². The molecule has 0 aromatic heterocycles. The van der Waals surface area contributed by atoms with Crippen molar-refractivity contribution in [3.63, 3.8) is 0 Å². The third kappa shape index (κ3) is 1.46. The number of benzene rings is 3. The summed E-state index contributed by atoms with van der Waals surface area (Å²) in [6, 6.07) is 14.9. The van der Waals surface area contributed by atoms with E-state index >= 15 is 0 Å². The minimum absolute atomic E-state index is 0.177. The zero-order chi connectivity index (χ0) is 11.8. The van der Waals surface area contributed by atoms with Crippen LogP contribution in [-0.4, -0.2) is 11.4 Å². The first-order chi connectivity index (χ1) is 8.29. The predicted molar refractivity (Wildman–Crippen MR) is 68.5 cm³/mol. The Bertz CT molecular complexity index is 729. The summed E-state index contributed by atoms with van der Waals surface area (Å²) in [6.07, 6.45) is 0.851. The second-order valence-corrected chi connectivity index (χ2v) is 4.03. The first-order valence-electron chi connectivity index (χ1n) is 5.39. The van der Waals surface area contributed by atoms with Crippen LogP contribution in [0.3, 0.4) is 0 Å². The average Bonchev–Trinajstić information content (AvgIpc) is 2.36. The van der Waals surface area contributed by atoms with Crippen LogP contribution in [-0.2, 0) is 0 Å². The van der Waals surface area contributed by atoms with Crippen molar-refractivity contribution in [3.05, 3.63) is 54.1 Å². The number of aromatic hydroxyl groups is 1. The summed E-state index contributed by atoms with van der Waals surface area (Å²) in [5.41, 5.74) is 0.633. The van der Waals surface area contributed by atoms with Crippen molar-refractivity contribution in [2.75, 3.05) is 0 Å². The number of carbonyl (C=O) groups is 1. The van der Waals surface area contributed by atoms with Crippen molar-refractivity contribution in [2.45, 2.75) is 0 Å². The third-order valence-corrected chi connectivity index (χ3v) is 3.01. The standard InChI is InChI=1S/C15H10O2/c16-9-15-13-4-2-1-3-10(13)7-11-5-6-12(17)8-14(11)15/h1-9,17H. The molecule has 3 aromatic carbocycles. The van der Waals surface area contributed by atoms with Gasteiger partial charge >= 0.3 is 0 Å².